The minimum Gasteiger partial charge on any atom is -0.378 e. The van der Waals surface area contributed by atoms with E-state index in [1.807, 2.05) is 31.2 Å². The van der Waals surface area contributed by atoms with E-state index in [1.165, 1.54) is 6.07 Å². The van der Waals surface area contributed by atoms with Gasteiger partial charge in [0.15, 0.2) is 0 Å². The summed E-state index contributed by atoms with van der Waals surface area (Å²) in [6.07, 6.45) is 0.399. The maximum absolute atomic E-state index is 13.8. The lowest BCUT2D eigenvalue weighted by molar-refractivity contribution is 0.600. The van der Waals surface area contributed by atoms with Crippen LogP contribution in [-0.2, 0) is 6.42 Å². The van der Waals surface area contributed by atoms with Gasteiger partial charge in [0.05, 0.1) is 18.5 Å². The number of nitrogens with zero attached hydrogens (tertiary/aromatic N) is 1. The van der Waals surface area contributed by atoms with E-state index in [-0.39, 0.29) is 11.9 Å². The fourth-order valence-electron chi connectivity index (χ4n) is 1.98. The van der Waals surface area contributed by atoms with Crippen LogP contribution in [0.3, 0.4) is 0 Å². The first kappa shape index (κ1) is 14.5. The molecule has 2 rings (SSSR count). The second kappa shape index (κ2) is 6.53. The standard InChI is InChI=1S/C16H14BrFN2/c1-11(15-10-13(17)4-7-16(15)18)20-14-5-2-12(3-6-14)8-9-19/h2-7,10-11,20H,8H2,1H3. The Morgan fingerprint density at radius 3 is 2.60 bits per heavy atom. The molecule has 20 heavy (non-hydrogen) atoms. The number of hydrogen-bond donors (Lipinski definition) is 1. The molecule has 1 unspecified atom stereocenters. The molecule has 0 spiro atoms. The Hall–Kier alpha value is -1.86. The van der Waals surface area contributed by atoms with E-state index in [2.05, 4.69) is 27.3 Å². The second-order valence-corrected chi connectivity index (χ2v) is 5.48. The lowest BCUT2D eigenvalue weighted by atomic mass is 10.1. The molecule has 1 atom stereocenters. The molecule has 0 aliphatic rings. The maximum atomic E-state index is 13.8. The summed E-state index contributed by atoms with van der Waals surface area (Å²) in [5.41, 5.74) is 2.48. The van der Waals surface area contributed by atoms with Crippen molar-refractivity contribution < 1.29 is 4.39 Å². The molecular formula is C16H14BrFN2. The summed E-state index contributed by atoms with van der Waals surface area (Å²) in [5, 5.41) is 11.9. The first-order chi connectivity index (χ1) is 9.60. The van der Waals surface area contributed by atoms with Crippen LogP contribution in [-0.4, -0.2) is 0 Å². The Kier molecular flexibility index (Phi) is 4.75. The lowest BCUT2D eigenvalue weighted by Crippen LogP contribution is -2.08. The number of rotatable bonds is 4. The number of anilines is 1. The number of nitriles is 1. The topological polar surface area (TPSA) is 35.8 Å². The third-order valence-corrected chi connectivity index (χ3v) is 3.54. The fourth-order valence-corrected chi connectivity index (χ4v) is 2.36. The molecule has 0 bridgehead atoms. The quantitative estimate of drug-likeness (QED) is 0.870. The van der Waals surface area contributed by atoms with Crippen molar-refractivity contribution in [2.45, 2.75) is 19.4 Å². The van der Waals surface area contributed by atoms with Crippen molar-refractivity contribution in [3.8, 4) is 6.07 Å². The van der Waals surface area contributed by atoms with Crippen molar-refractivity contribution in [1.29, 1.82) is 5.26 Å². The number of halogens is 2. The molecule has 0 amide bonds. The van der Waals surface area contributed by atoms with Gasteiger partial charge in [-0.3, -0.25) is 0 Å². The van der Waals surface area contributed by atoms with Gasteiger partial charge in [-0.25, -0.2) is 4.39 Å². The molecule has 0 aromatic heterocycles. The molecule has 0 fully saturated rings. The van der Waals surface area contributed by atoms with Crippen molar-refractivity contribution in [3.63, 3.8) is 0 Å². The molecule has 0 aliphatic carbocycles. The lowest BCUT2D eigenvalue weighted by Gasteiger charge is -2.17. The maximum Gasteiger partial charge on any atom is 0.128 e. The van der Waals surface area contributed by atoms with E-state index in [1.54, 1.807) is 12.1 Å². The highest BCUT2D eigenvalue weighted by atomic mass is 79.9. The SMILES string of the molecule is CC(Nc1ccc(CC#N)cc1)c1cc(Br)ccc1F. The van der Waals surface area contributed by atoms with E-state index in [4.69, 9.17) is 5.26 Å². The molecule has 4 heteroatoms. The third kappa shape index (κ3) is 3.58. The number of hydrogen-bond acceptors (Lipinski definition) is 2. The molecule has 0 saturated heterocycles. The van der Waals surface area contributed by atoms with Crippen LogP contribution in [0.2, 0.25) is 0 Å². The van der Waals surface area contributed by atoms with Crippen LogP contribution in [0.4, 0.5) is 10.1 Å². The minimum atomic E-state index is -0.227. The van der Waals surface area contributed by atoms with Crippen LogP contribution >= 0.6 is 15.9 Å². The van der Waals surface area contributed by atoms with Crippen molar-refractivity contribution in [2.24, 2.45) is 0 Å². The highest BCUT2D eigenvalue weighted by Crippen LogP contribution is 2.25. The molecule has 0 heterocycles. The molecule has 0 radical (unpaired) electrons. The van der Waals surface area contributed by atoms with Crippen LogP contribution in [0.5, 0.6) is 0 Å². The zero-order chi connectivity index (χ0) is 14.5. The zero-order valence-corrected chi connectivity index (χ0v) is 12.6. The van der Waals surface area contributed by atoms with Gasteiger partial charge < -0.3 is 5.32 Å². The van der Waals surface area contributed by atoms with Crippen molar-refractivity contribution in [2.75, 3.05) is 5.32 Å². The van der Waals surface area contributed by atoms with E-state index in [0.29, 0.717) is 12.0 Å². The van der Waals surface area contributed by atoms with Gasteiger partial charge in [-0.1, -0.05) is 28.1 Å². The molecular weight excluding hydrogens is 319 g/mol. The Labute approximate surface area is 126 Å². The molecule has 2 nitrogen and oxygen atoms in total. The van der Waals surface area contributed by atoms with Gasteiger partial charge in [0.25, 0.3) is 0 Å². The average Bonchev–Trinajstić information content (AvgIpc) is 2.44. The van der Waals surface area contributed by atoms with Crippen molar-refractivity contribution in [3.05, 3.63) is 63.9 Å². The van der Waals surface area contributed by atoms with Gasteiger partial charge in [0.1, 0.15) is 5.82 Å². The zero-order valence-electron chi connectivity index (χ0n) is 11.0. The number of benzene rings is 2. The molecule has 0 aliphatic heterocycles. The highest BCUT2D eigenvalue weighted by molar-refractivity contribution is 9.10. The molecule has 2 aromatic carbocycles. The summed E-state index contributed by atoms with van der Waals surface area (Å²) in [7, 11) is 0. The summed E-state index contributed by atoms with van der Waals surface area (Å²) in [4.78, 5) is 0. The van der Waals surface area contributed by atoms with Crippen LogP contribution in [0.15, 0.2) is 46.9 Å². The molecule has 102 valence electrons. The van der Waals surface area contributed by atoms with Gasteiger partial charge in [0, 0.05) is 15.7 Å². The average molecular weight is 333 g/mol. The predicted molar refractivity (Wildman–Crippen MR) is 81.9 cm³/mol. The third-order valence-electron chi connectivity index (χ3n) is 3.04. The summed E-state index contributed by atoms with van der Waals surface area (Å²) in [5.74, 6) is -0.227. The van der Waals surface area contributed by atoms with Gasteiger partial charge in [-0.15, -0.1) is 0 Å². The van der Waals surface area contributed by atoms with Crippen LogP contribution < -0.4 is 5.32 Å². The largest absolute Gasteiger partial charge is 0.378 e. The number of nitrogens with one attached hydrogen (secondary N) is 1. The summed E-state index contributed by atoms with van der Waals surface area (Å²) < 4.78 is 14.6. The summed E-state index contributed by atoms with van der Waals surface area (Å²) in [6.45, 7) is 1.91. The van der Waals surface area contributed by atoms with E-state index in [0.717, 1.165) is 15.7 Å². The second-order valence-electron chi connectivity index (χ2n) is 4.56. The van der Waals surface area contributed by atoms with Gasteiger partial charge in [0.2, 0.25) is 0 Å². The monoisotopic (exact) mass is 332 g/mol. The van der Waals surface area contributed by atoms with Gasteiger partial charge in [-0.2, -0.15) is 5.26 Å². The smallest absolute Gasteiger partial charge is 0.128 e. The molecule has 0 saturated carbocycles. The first-order valence-electron chi connectivity index (χ1n) is 6.27. The first-order valence-corrected chi connectivity index (χ1v) is 7.07. The predicted octanol–water partition coefficient (Wildman–Crippen LogP) is 4.83. The van der Waals surface area contributed by atoms with Gasteiger partial charge in [-0.05, 0) is 42.8 Å². The Morgan fingerprint density at radius 2 is 1.95 bits per heavy atom. The normalized spacial score (nSPS) is 11.7. The van der Waals surface area contributed by atoms with E-state index in [9.17, 15) is 4.39 Å². The Balaban J connectivity index is 2.13. The van der Waals surface area contributed by atoms with E-state index >= 15 is 0 Å². The fraction of sp³-hybridized carbons (Fsp3) is 0.188. The Bertz CT molecular complexity index is 632. The highest BCUT2D eigenvalue weighted by Gasteiger charge is 2.11. The van der Waals surface area contributed by atoms with Crippen molar-refractivity contribution >= 4 is 21.6 Å². The van der Waals surface area contributed by atoms with Crippen LogP contribution in [0.1, 0.15) is 24.1 Å². The summed E-state index contributed by atoms with van der Waals surface area (Å²) in [6, 6.07) is 14.5. The minimum absolute atomic E-state index is 0.144. The van der Waals surface area contributed by atoms with Crippen molar-refractivity contribution in [1.82, 2.24) is 0 Å². The van der Waals surface area contributed by atoms with E-state index < -0.39 is 0 Å². The molecule has 1 N–H and O–H groups in total. The van der Waals surface area contributed by atoms with Gasteiger partial charge >= 0.3 is 0 Å². The summed E-state index contributed by atoms with van der Waals surface area (Å²) >= 11 is 3.35. The van der Waals surface area contributed by atoms with Crippen LogP contribution in [0, 0.1) is 17.1 Å². The van der Waals surface area contributed by atoms with Crippen LogP contribution in [0.25, 0.3) is 0 Å². The molecule has 2 aromatic rings. The Morgan fingerprint density at radius 1 is 1.25 bits per heavy atom.